The molecule has 15 heteroatoms. The SMILES string of the molecule is COc1ccc(C(OC[C@H]2O[C@@H](n3ccc(=O)[nH]c3=O)[C@H](O[Si](C)(C)C(C)(C)C)[C@@H]2O[P@]2(=S)OCCS2)(c2ccccc2)c2ccc(OC)cc2)cc1. The number of benzene rings is 3. The van der Waals surface area contributed by atoms with Gasteiger partial charge in [-0.3, -0.25) is 14.3 Å². The molecule has 6 rings (SSSR count). The highest BCUT2D eigenvalue weighted by atomic mass is 32.9. The van der Waals surface area contributed by atoms with Gasteiger partial charge in [-0.15, -0.1) is 0 Å². The molecule has 0 spiro atoms. The molecule has 2 aliphatic heterocycles. The molecule has 11 nitrogen and oxygen atoms in total. The molecule has 0 bridgehead atoms. The zero-order chi connectivity index (χ0) is 38.0. The van der Waals surface area contributed by atoms with Crippen LogP contribution in [0.5, 0.6) is 11.5 Å². The Morgan fingerprint density at radius 1 is 0.887 bits per heavy atom. The molecule has 284 valence electrons. The molecule has 3 aromatic carbocycles. The van der Waals surface area contributed by atoms with Crippen LogP contribution in [-0.4, -0.2) is 69.4 Å². The van der Waals surface area contributed by atoms with Crippen LogP contribution < -0.4 is 20.7 Å². The molecule has 1 aromatic heterocycles. The van der Waals surface area contributed by atoms with Gasteiger partial charge in [0.25, 0.3) is 5.56 Å². The molecule has 53 heavy (non-hydrogen) atoms. The normalized spacial score (nSPS) is 23.6. The van der Waals surface area contributed by atoms with Crippen molar-refractivity contribution < 1.29 is 32.4 Å². The minimum absolute atomic E-state index is 0.0103. The van der Waals surface area contributed by atoms with E-state index in [-0.39, 0.29) is 11.6 Å². The standard InChI is InChI=1S/C38H47N2O9PS2Si/c1-37(2,3)53(6,7)49-34-33(48-50(51)46-23-24-52-50)31(47-35(34)40-22-21-32(41)39-36(40)42)25-45-38(26-11-9-8-10-12-26,27-13-17-29(43-4)18-14-27)28-15-19-30(44-5)20-16-28/h8-22,31,33-35H,23-25H2,1-7H3,(H,39,41,42)/t31-,33-,34-,35-,50+/m1/s1. The summed E-state index contributed by atoms with van der Waals surface area (Å²) in [5, 5.41) is -0.197. The number of nitrogens with one attached hydrogen (secondary N) is 1. The highest BCUT2D eigenvalue weighted by Crippen LogP contribution is 2.66. The summed E-state index contributed by atoms with van der Waals surface area (Å²) in [7, 11) is 0.717. The van der Waals surface area contributed by atoms with Crippen LogP contribution in [0.2, 0.25) is 18.1 Å². The van der Waals surface area contributed by atoms with Crippen molar-refractivity contribution in [2.45, 2.75) is 69.0 Å². The first-order valence-corrected chi connectivity index (χ1v) is 24.5. The predicted octanol–water partition coefficient (Wildman–Crippen LogP) is 7.22. The van der Waals surface area contributed by atoms with Crippen molar-refractivity contribution >= 4 is 37.2 Å². The summed E-state index contributed by atoms with van der Waals surface area (Å²) in [5.41, 5.74) is -2.57. The molecule has 2 aliphatic rings. The molecular weight excluding hydrogens is 752 g/mol. The Hall–Kier alpha value is -3.04. The molecule has 0 aliphatic carbocycles. The quantitative estimate of drug-likeness (QED) is 0.0839. The van der Waals surface area contributed by atoms with E-state index in [0.29, 0.717) is 23.9 Å². The maximum Gasteiger partial charge on any atom is 0.330 e. The van der Waals surface area contributed by atoms with Crippen molar-refractivity contribution in [3.63, 3.8) is 0 Å². The number of hydrogen-bond donors (Lipinski definition) is 1. The second kappa shape index (κ2) is 16.0. The van der Waals surface area contributed by atoms with Gasteiger partial charge in [0.1, 0.15) is 35.4 Å². The third kappa shape index (κ3) is 8.31. The van der Waals surface area contributed by atoms with E-state index in [9.17, 15) is 9.59 Å². The van der Waals surface area contributed by atoms with Crippen LogP contribution in [0.1, 0.15) is 43.7 Å². The van der Waals surface area contributed by atoms with Crippen LogP contribution in [0.3, 0.4) is 0 Å². The third-order valence-electron chi connectivity index (χ3n) is 10.1. The second-order valence-electron chi connectivity index (χ2n) is 14.4. The van der Waals surface area contributed by atoms with Crippen LogP contribution in [0.25, 0.3) is 0 Å². The van der Waals surface area contributed by atoms with Crippen LogP contribution in [0, 0.1) is 0 Å². The Bertz CT molecular complexity index is 1960. The molecule has 2 fully saturated rings. The number of nitrogens with zero attached hydrogens (tertiary/aromatic N) is 1. The molecule has 0 saturated carbocycles. The van der Waals surface area contributed by atoms with Crippen LogP contribution >= 0.6 is 17.1 Å². The minimum Gasteiger partial charge on any atom is -0.497 e. The molecule has 0 radical (unpaired) electrons. The first kappa shape index (κ1) is 39.6. The molecule has 3 heterocycles. The first-order chi connectivity index (χ1) is 25.2. The summed E-state index contributed by atoms with van der Waals surface area (Å²) in [6, 6.07) is 26.8. The number of aromatic nitrogens is 2. The van der Waals surface area contributed by atoms with E-state index < -0.39 is 55.4 Å². The Morgan fingerprint density at radius 2 is 1.47 bits per heavy atom. The minimum atomic E-state index is -2.82. The molecule has 2 saturated heterocycles. The van der Waals surface area contributed by atoms with Crippen molar-refractivity contribution in [2.24, 2.45) is 0 Å². The van der Waals surface area contributed by atoms with Gasteiger partial charge < -0.3 is 32.4 Å². The number of methoxy groups -OCH3 is 2. The van der Waals surface area contributed by atoms with E-state index in [1.165, 1.54) is 28.2 Å². The Balaban J connectivity index is 1.50. The Kier molecular flexibility index (Phi) is 11.9. The lowest BCUT2D eigenvalue weighted by Gasteiger charge is -2.41. The van der Waals surface area contributed by atoms with Gasteiger partial charge in [0.15, 0.2) is 14.5 Å². The van der Waals surface area contributed by atoms with Gasteiger partial charge >= 0.3 is 5.69 Å². The van der Waals surface area contributed by atoms with Gasteiger partial charge in [0.05, 0.1) is 27.4 Å². The molecule has 5 atom stereocenters. The van der Waals surface area contributed by atoms with E-state index in [4.69, 9.17) is 44.2 Å². The molecule has 4 aromatic rings. The number of rotatable bonds is 13. The van der Waals surface area contributed by atoms with Crippen molar-refractivity contribution in [2.75, 3.05) is 33.2 Å². The Morgan fingerprint density at radius 3 is 1.98 bits per heavy atom. The summed E-state index contributed by atoms with van der Waals surface area (Å²) in [4.78, 5) is 27.9. The summed E-state index contributed by atoms with van der Waals surface area (Å²) in [6.07, 6.45) is -1.95. The smallest absolute Gasteiger partial charge is 0.330 e. The molecular formula is C38H47N2O9PS2Si. The van der Waals surface area contributed by atoms with E-state index >= 15 is 0 Å². The average Bonchev–Trinajstić information content (AvgIpc) is 3.71. The lowest BCUT2D eigenvalue weighted by atomic mass is 9.80. The maximum atomic E-state index is 13.4. The first-order valence-electron chi connectivity index (χ1n) is 17.4. The van der Waals surface area contributed by atoms with Crippen molar-refractivity contribution in [1.82, 2.24) is 9.55 Å². The van der Waals surface area contributed by atoms with E-state index in [1.807, 2.05) is 78.9 Å². The average molecular weight is 799 g/mol. The number of hydrogen-bond acceptors (Lipinski definition) is 11. The summed E-state index contributed by atoms with van der Waals surface area (Å²) in [6.45, 7) is 11.1. The highest BCUT2D eigenvalue weighted by molar-refractivity contribution is 8.68. The van der Waals surface area contributed by atoms with Gasteiger partial charge in [0, 0.05) is 18.0 Å². The largest absolute Gasteiger partial charge is 0.497 e. The van der Waals surface area contributed by atoms with Crippen molar-refractivity contribution in [3.05, 3.63) is 129 Å². The van der Waals surface area contributed by atoms with Gasteiger partial charge in [-0.05, 0) is 70.9 Å². The lowest BCUT2D eigenvalue weighted by molar-refractivity contribution is -0.0935. The highest BCUT2D eigenvalue weighted by Gasteiger charge is 2.54. The van der Waals surface area contributed by atoms with Crippen molar-refractivity contribution in [3.8, 4) is 11.5 Å². The summed E-state index contributed by atoms with van der Waals surface area (Å²) in [5.74, 6) is 2.10. The van der Waals surface area contributed by atoms with Crippen LogP contribution in [0.15, 0.2) is 101 Å². The van der Waals surface area contributed by atoms with E-state index in [0.717, 1.165) is 16.7 Å². The monoisotopic (exact) mass is 798 g/mol. The third-order valence-corrected chi connectivity index (χ3v) is 19.9. The number of H-pyrrole nitrogens is 1. The van der Waals surface area contributed by atoms with Gasteiger partial charge in [-0.25, -0.2) is 4.79 Å². The molecule has 0 amide bonds. The fourth-order valence-electron chi connectivity index (χ4n) is 6.29. The summed E-state index contributed by atoms with van der Waals surface area (Å²) >= 11 is 7.49. The topological polar surface area (TPSA) is 119 Å². The molecule has 0 unspecified atom stereocenters. The maximum absolute atomic E-state index is 13.4. The zero-order valence-corrected chi connectivity index (χ0v) is 34.5. The molecule has 1 N–H and O–H groups in total. The van der Waals surface area contributed by atoms with Crippen LogP contribution in [0.4, 0.5) is 0 Å². The van der Waals surface area contributed by atoms with Crippen molar-refractivity contribution in [1.29, 1.82) is 0 Å². The van der Waals surface area contributed by atoms with E-state index in [2.05, 4.69) is 38.8 Å². The van der Waals surface area contributed by atoms with E-state index in [1.54, 1.807) is 14.2 Å². The fraction of sp³-hybridized carbons (Fsp3) is 0.421. The van der Waals surface area contributed by atoms with Gasteiger partial charge in [-0.1, -0.05) is 86.8 Å². The number of aromatic amines is 1. The lowest BCUT2D eigenvalue weighted by Crippen LogP contribution is -2.50. The fourth-order valence-corrected chi connectivity index (χ4v) is 12.2. The predicted molar refractivity (Wildman–Crippen MR) is 213 cm³/mol. The van der Waals surface area contributed by atoms with Crippen LogP contribution in [-0.2, 0) is 40.4 Å². The Labute approximate surface area is 320 Å². The second-order valence-corrected chi connectivity index (χ2v) is 25.6. The zero-order valence-electron chi connectivity index (χ0n) is 31.0. The number of ether oxygens (including phenoxy) is 4. The van der Waals surface area contributed by atoms with Gasteiger partial charge in [-0.2, -0.15) is 0 Å². The summed E-state index contributed by atoms with van der Waals surface area (Å²) < 4.78 is 46.5. The van der Waals surface area contributed by atoms with Gasteiger partial charge in [0.2, 0.25) is 5.69 Å².